The van der Waals surface area contributed by atoms with Gasteiger partial charge in [0.05, 0.1) is 17.8 Å². The van der Waals surface area contributed by atoms with Gasteiger partial charge in [0.15, 0.2) is 0 Å². The van der Waals surface area contributed by atoms with Crippen molar-refractivity contribution in [1.82, 2.24) is 15.1 Å². The maximum Gasteiger partial charge on any atom is 0.279 e. The number of aromatic nitrogens is 2. The number of aliphatic hydroxyl groups excluding tert-OH is 1. The molecule has 1 rings (SSSR count). The highest BCUT2D eigenvalue weighted by Crippen LogP contribution is 2.11. The second kappa shape index (κ2) is 5.52. The molecule has 0 saturated heterocycles. The number of carbonyl (C=O) groups is 1. The van der Waals surface area contributed by atoms with Crippen molar-refractivity contribution < 1.29 is 9.90 Å². The molecule has 6 nitrogen and oxygen atoms in total. The maximum absolute atomic E-state index is 12.3. The maximum atomic E-state index is 12.3. The summed E-state index contributed by atoms with van der Waals surface area (Å²) in [5.41, 5.74) is 0.123. The lowest BCUT2D eigenvalue weighted by Crippen LogP contribution is -2.50. The second-order valence-electron chi connectivity index (χ2n) is 5.04. The third-order valence-electron chi connectivity index (χ3n) is 3.50. The number of nitrogens with zero attached hydrogens (tertiary/aromatic N) is 2. The van der Waals surface area contributed by atoms with E-state index in [-0.39, 0.29) is 12.2 Å². The standard InChI is InChI=1S/C13H21N3O3/c1-6-13(4,7-17)14-11(18)10-8(2)9(3)15-16(5)12(10)19/h17H,6-7H2,1-5H3,(H,14,18). The number of hydrogen-bond acceptors (Lipinski definition) is 4. The minimum Gasteiger partial charge on any atom is -0.394 e. The van der Waals surface area contributed by atoms with Gasteiger partial charge < -0.3 is 10.4 Å². The zero-order valence-electron chi connectivity index (χ0n) is 12.1. The van der Waals surface area contributed by atoms with E-state index in [2.05, 4.69) is 10.4 Å². The normalized spacial score (nSPS) is 14.0. The number of nitrogens with one attached hydrogen (secondary N) is 1. The van der Waals surface area contributed by atoms with Gasteiger partial charge in [-0.1, -0.05) is 6.92 Å². The fourth-order valence-electron chi connectivity index (χ4n) is 1.69. The van der Waals surface area contributed by atoms with Crippen LogP contribution >= 0.6 is 0 Å². The lowest BCUT2D eigenvalue weighted by molar-refractivity contribution is 0.0844. The van der Waals surface area contributed by atoms with E-state index in [1.807, 2.05) is 6.92 Å². The summed E-state index contributed by atoms with van der Waals surface area (Å²) in [5.74, 6) is -0.470. The average Bonchev–Trinajstić information content (AvgIpc) is 2.36. The van der Waals surface area contributed by atoms with E-state index < -0.39 is 17.0 Å². The highest BCUT2D eigenvalue weighted by Gasteiger charge is 2.27. The molecule has 1 unspecified atom stereocenters. The molecule has 106 valence electrons. The van der Waals surface area contributed by atoms with Crippen LogP contribution in [-0.4, -0.2) is 32.9 Å². The van der Waals surface area contributed by atoms with E-state index in [1.165, 1.54) is 7.05 Å². The largest absolute Gasteiger partial charge is 0.394 e. The average molecular weight is 267 g/mol. The van der Waals surface area contributed by atoms with Crippen LogP contribution in [0.3, 0.4) is 0 Å². The summed E-state index contributed by atoms with van der Waals surface area (Å²) in [6, 6.07) is 0. The van der Waals surface area contributed by atoms with Gasteiger partial charge in [-0.15, -0.1) is 0 Å². The van der Waals surface area contributed by atoms with Crippen molar-refractivity contribution in [3.63, 3.8) is 0 Å². The predicted molar refractivity (Wildman–Crippen MR) is 72.2 cm³/mol. The molecular weight excluding hydrogens is 246 g/mol. The Bertz CT molecular complexity index is 545. The van der Waals surface area contributed by atoms with Gasteiger partial charge in [0, 0.05) is 7.05 Å². The van der Waals surface area contributed by atoms with Crippen molar-refractivity contribution in [1.29, 1.82) is 0 Å². The van der Waals surface area contributed by atoms with Gasteiger partial charge in [0.25, 0.3) is 11.5 Å². The monoisotopic (exact) mass is 267 g/mol. The quantitative estimate of drug-likeness (QED) is 0.821. The van der Waals surface area contributed by atoms with E-state index in [9.17, 15) is 14.7 Å². The molecule has 1 atom stereocenters. The minimum absolute atomic E-state index is 0.0862. The van der Waals surface area contributed by atoms with E-state index in [1.54, 1.807) is 20.8 Å². The van der Waals surface area contributed by atoms with Crippen LogP contribution in [-0.2, 0) is 7.05 Å². The van der Waals surface area contributed by atoms with Gasteiger partial charge in [-0.3, -0.25) is 9.59 Å². The SMILES string of the molecule is CCC(C)(CO)NC(=O)c1c(C)c(C)nn(C)c1=O. The number of amides is 1. The first-order valence-corrected chi connectivity index (χ1v) is 6.23. The molecule has 0 fully saturated rings. The molecule has 0 aliphatic carbocycles. The third-order valence-corrected chi connectivity index (χ3v) is 3.50. The molecule has 2 N–H and O–H groups in total. The summed E-state index contributed by atoms with van der Waals surface area (Å²) in [4.78, 5) is 24.3. The Labute approximate surface area is 112 Å². The summed E-state index contributed by atoms with van der Waals surface area (Å²) < 4.78 is 1.15. The van der Waals surface area contributed by atoms with Gasteiger partial charge in [0.1, 0.15) is 5.56 Å². The van der Waals surface area contributed by atoms with E-state index >= 15 is 0 Å². The molecular formula is C13H21N3O3. The predicted octanol–water partition coefficient (Wildman–Crippen LogP) is 0.288. The molecule has 0 bridgehead atoms. The molecule has 0 aliphatic heterocycles. The number of carbonyl (C=O) groups excluding carboxylic acids is 1. The Morgan fingerprint density at radius 3 is 2.53 bits per heavy atom. The summed E-state index contributed by atoms with van der Waals surface area (Å²) in [6.07, 6.45) is 0.568. The Balaban J connectivity index is 3.25. The van der Waals surface area contributed by atoms with Crippen LogP contribution in [0.5, 0.6) is 0 Å². The van der Waals surface area contributed by atoms with Crippen molar-refractivity contribution >= 4 is 5.91 Å². The summed E-state index contributed by atoms with van der Waals surface area (Å²) >= 11 is 0. The van der Waals surface area contributed by atoms with Crippen molar-refractivity contribution in [2.45, 2.75) is 39.7 Å². The zero-order chi connectivity index (χ0) is 14.8. The van der Waals surface area contributed by atoms with E-state index in [4.69, 9.17) is 0 Å². The Kier molecular flexibility index (Phi) is 4.47. The van der Waals surface area contributed by atoms with Crippen LogP contribution in [0.25, 0.3) is 0 Å². The van der Waals surface area contributed by atoms with Gasteiger partial charge in [-0.25, -0.2) is 4.68 Å². The Morgan fingerprint density at radius 1 is 1.47 bits per heavy atom. The number of aryl methyl sites for hydroxylation is 2. The summed E-state index contributed by atoms with van der Waals surface area (Å²) in [7, 11) is 1.51. The van der Waals surface area contributed by atoms with Crippen LogP contribution in [0.4, 0.5) is 0 Å². The molecule has 0 aliphatic rings. The van der Waals surface area contributed by atoms with Crippen molar-refractivity contribution in [3.05, 3.63) is 27.2 Å². The third kappa shape index (κ3) is 3.01. The molecule has 1 aromatic rings. The molecule has 0 radical (unpaired) electrons. The number of hydrogen-bond donors (Lipinski definition) is 2. The Morgan fingerprint density at radius 2 is 2.05 bits per heavy atom. The molecule has 6 heteroatoms. The number of rotatable bonds is 4. The zero-order valence-corrected chi connectivity index (χ0v) is 12.1. The highest BCUT2D eigenvalue weighted by atomic mass is 16.3. The molecule has 19 heavy (non-hydrogen) atoms. The second-order valence-corrected chi connectivity index (χ2v) is 5.04. The smallest absolute Gasteiger partial charge is 0.279 e. The first kappa shape index (κ1) is 15.4. The first-order valence-electron chi connectivity index (χ1n) is 6.23. The van der Waals surface area contributed by atoms with Crippen LogP contribution in [0.1, 0.15) is 41.9 Å². The topological polar surface area (TPSA) is 84.2 Å². The molecule has 1 heterocycles. The Hall–Kier alpha value is -1.69. The van der Waals surface area contributed by atoms with Crippen LogP contribution in [0.15, 0.2) is 4.79 Å². The minimum atomic E-state index is -0.730. The molecule has 1 amide bonds. The molecule has 0 spiro atoms. The van der Waals surface area contributed by atoms with Gasteiger partial charge >= 0.3 is 0 Å². The van der Waals surface area contributed by atoms with Crippen molar-refractivity contribution in [2.24, 2.45) is 7.05 Å². The van der Waals surface area contributed by atoms with E-state index in [0.717, 1.165) is 4.68 Å². The first-order chi connectivity index (χ1) is 8.75. The lowest BCUT2D eigenvalue weighted by atomic mass is 9.99. The van der Waals surface area contributed by atoms with E-state index in [0.29, 0.717) is 17.7 Å². The molecule has 1 aromatic heterocycles. The van der Waals surface area contributed by atoms with Crippen LogP contribution in [0.2, 0.25) is 0 Å². The summed E-state index contributed by atoms with van der Waals surface area (Å²) in [5, 5.41) is 16.1. The van der Waals surface area contributed by atoms with Gasteiger partial charge in [-0.05, 0) is 32.8 Å². The van der Waals surface area contributed by atoms with Crippen molar-refractivity contribution in [2.75, 3.05) is 6.61 Å². The fraction of sp³-hybridized carbons (Fsp3) is 0.615. The van der Waals surface area contributed by atoms with Crippen LogP contribution < -0.4 is 10.9 Å². The molecule has 0 aromatic carbocycles. The van der Waals surface area contributed by atoms with Gasteiger partial charge in [0.2, 0.25) is 0 Å². The van der Waals surface area contributed by atoms with Crippen molar-refractivity contribution in [3.8, 4) is 0 Å². The molecule has 0 saturated carbocycles. The number of aliphatic hydroxyl groups is 1. The fourth-order valence-corrected chi connectivity index (χ4v) is 1.69. The summed E-state index contributed by atoms with van der Waals surface area (Å²) in [6.45, 7) is 6.86. The lowest BCUT2D eigenvalue weighted by Gasteiger charge is -2.27. The van der Waals surface area contributed by atoms with Gasteiger partial charge in [-0.2, -0.15) is 5.10 Å². The van der Waals surface area contributed by atoms with Crippen LogP contribution in [0, 0.1) is 13.8 Å². The highest BCUT2D eigenvalue weighted by molar-refractivity contribution is 5.95.